The van der Waals surface area contributed by atoms with E-state index in [-0.39, 0.29) is 12.2 Å². The van der Waals surface area contributed by atoms with Gasteiger partial charge in [-0.2, -0.15) is 0 Å². The molecule has 4 nitrogen and oxygen atoms in total. The lowest BCUT2D eigenvalue weighted by Gasteiger charge is -2.03. The van der Waals surface area contributed by atoms with Crippen molar-refractivity contribution in [1.82, 2.24) is 0 Å². The van der Waals surface area contributed by atoms with Crippen LogP contribution >= 0.6 is 15.9 Å². The Balaban J connectivity index is 2.85. The minimum absolute atomic E-state index is 0.0471. The molecule has 0 spiro atoms. The Morgan fingerprint density at radius 3 is 2.73 bits per heavy atom. The molecule has 0 aromatic heterocycles. The summed E-state index contributed by atoms with van der Waals surface area (Å²) in [7, 11) is 1.15. The number of aromatic hydroxyl groups is 1. The van der Waals surface area contributed by atoms with Crippen LogP contribution in [0.25, 0.3) is 0 Å². The third-order valence-electron chi connectivity index (χ3n) is 1.79. The van der Waals surface area contributed by atoms with Gasteiger partial charge in [0.05, 0.1) is 7.11 Å². The topological polar surface area (TPSA) is 63.6 Å². The van der Waals surface area contributed by atoms with Gasteiger partial charge in [-0.05, 0) is 23.8 Å². The van der Waals surface area contributed by atoms with Gasteiger partial charge in [-0.25, -0.2) is 4.79 Å². The standard InChI is InChI=1S/C10H9BrO4/c1-15-10(14)9(13)5-6-4-7(12)2-3-8(6)11/h2-4,12H,5H2,1H3. The summed E-state index contributed by atoms with van der Waals surface area (Å²) >= 11 is 3.21. The van der Waals surface area contributed by atoms with Crippen LogP contribution in [-0.2, 0) is 20.7 Å². The van der Waals surface area contributed by atoms with E-state index in [0.29, 0.717) is 10.0 Å². The Morgan fingerprint density at radius 1 is 1.47 bits per heavy atom. The molecule has 5 heteroatoms. The number of benzene rings is 1. The molecule has 0 bridgehead atoms. The first-order valence-corrected chi connectivity index (χ1v) is 4.92. The Labute approximate surface area is 95.0 Å². The van der Waals surface area contributed by atoms with Gasteiger partial charge in [-0.3, -0.25) is 4.79 Å². The number of carbonyl (C=O) groups is 2. The number of hydrogen-bond acceptors (Lipinski definition) is 4. The number of esters is 1. The molecule has 0 aliphatic carbocycles. The van der Waals surface area contributed by atoms with Crippen molar-refractivity contribution >= 4 is 27.7 Å². The first-order valence-electron chi connectivity index (χ1n) is 4.13. The third kappa shape index (κ3) is 3.06. The fourth-order valence-electron chi connectivity index (χ4n) is 1.06. The summed E-state index contributed by atoms with van der Waals surface area (Å²) in [4.78, 5) is 22.1. The molecule has 0 unspecified atom stereocenters. The number of halogens is 1. The number of rotatable bonds is 3. The van der Waals surface area contributed by atoms with Crippen LogP contribution in [0.4, 0.5) is 0 Å². The minimum atomic E-state index is -0.884. The van der Waals surface area contributed by atoms with Crippen LogP contribution in [0.1, 0.15) is 5.56 Å². The van der Waals surface area contributed by atoms with Crippen molar-refractivity contribution in [3.8, 4) is 5.75 Å². The van der Waals surface area contributed by atoms with Crippen LogP contribution in [0.15, 0.2) is 22.7 Å². The highest BCUT2D eigenvalue weighted by atomic mass is 79.9. The zero-order chi connectivity index (χ0) is 11.4. The molecule has 1 N–H and O–H groups in total. The maximum absolute atomic E-state index is 11.2. The van der Waals surface area contributed by atoms with E-state index in [1.54, 1.807) is 6.07 Å². The molecular formula is C10H9BrO4. The zero-order valence-corrected chi connectivity index (χ0v) is 9.58. The molecule has 1 rings (SSSR count). The van der Waals surface area contributed by atoms with E-state index < -0.39 is 11.8 Å². The smallest absolute Gasteiger partial charge is 0.374 e. The second-order valence-electron chi connectivity index (χ2n) is 2.87. The molecule has 0 heterocycles. The van der Waals surface area contributed by atoms with Gasteiger partial charge in [-0.15, -0.1) is 0 Å². The normalized spacial score (nSPS) is 9.73. The highest BCUT2D eigenvalue weighted by molar-refractivity contribution is 9.10. The van der Waals surface area contributed by atoms with E-state index >= 15 is 0 Å². The quantitative estimate of drug-likeness (QED) is 0.668. The molecular weight excluding hydrogens is 264 g/mol. The lowest BCUT2D eigenvalue weighted by atomic mass is 10.1. The van der Waals surface area contributed by atoms with E-state index in [1.165, 1.54) is 12.1 Å². The largest absolute Gasteiger partial charge is 0.508 e. The fourth-order valence-corrected chi connectivity index (χ4v) is 1.44. The van der Waals surface area contributed by atoms with E-state index in [9.17, 15) is 14.7 Å². The Morgan fingerprint density at radius 2 is 2.13 bits per heavy atom. The number of carbonyl (C=O) groups excluding carboxylic acids is 2. The average Bonchev–Trinajstić information content (AvgIpc) is 2.22. The van der Waals surface area contributed by atoms with Crippen molar-refractivity contribution < 1.29 is 19.4 Å². The van der Waals surface area contributed by atoms with E-state index in [1.807, 2.05) is 0 Å². The predicted molar refractivity (Wildman–Crippen MR) is 56.5 cm³/mol. The van der Waals surface area contributed by atoms with E-state index in [4.69, 9.17) is 0 Å². The summed E-state index contributed by atoms with van der Waals surface area (Å²) in [5, 5.41) is 9.20. The summed E-state index contributed by atoms with van der Waals surface area (Å²) in [6, 6.07) is 4.51. The second-order valence-corrected chi connectivity index (χ2v) is 3.72. The molecule has 0 saturated carbocycles. The van der Waals surface area contributed by atoms with Gasteiger partial charge in [0.1, 0.15) is 5.75 Å². The van der Waals surface area contributed by atoms with E-state index in [0.717, 1.165) is 7.11 Å². The Hall–Kier alpha value is -1.36. The highest BCUT2D eigenvalue weighted by Gasteiger charge is 2.16. The molecule has 1 aromatic carbocycles. The van der Waals surface area contributed by atoms with Crippen LogP contribution in [0.5, 0.6) is 5.75 Å². The number of hydrogen-bond donors (Lipinski definition) is 1. The lowest BCUT2D eigenvalue weighted by Crippen LogP contribution is -2.17. The van der Waals surface area contributed by atoms with Crippen molar-refractivity contribution in [2.75, 3.05) is 7.11 Å². The van der Waals surface area contributed by atoms with Crippen molar-refractivity contribution in [2.24, 2.45) is 0 Å². The van der Waals surface area contributed by atoms with Crippen LogP contribution in [0.2, 0.25) is 0 Å². The van der Waals surface area contributed by atoms with Gasteiger partial charge in [-0.1, -0.05) is 15.9 Å². The third-order valence-corrected chi connectivity index (χ3v) is 2.57. The first kappa shape index (κ1) is 11.7. The average molecular weight is 273 g/mol. The molecule has 80 valence electrons. The molecule has 0 fully saturated rings. The van der Waals surface area contributed by atoms with Gasteiger partial charge in [0, 0.05) is 10.9 Å². The van der Waals surface area contributed by atoms with Crippen LogP contribution in [0.3, 0.4) is 0 Å². The van der Waals surface area contributed by atoms with Gasteiger partial charge >= 0.3 is 5.97 Å². The summed E-state index contributed by atoms with van der Waals surface area (Å²) in [5.74, 6) is -1.49. The maximum atomic E-state index is 11.2. The summed E-state index contributed by atoms with van der Waals surface area (Å²) < 4.78 is 4.95. The fraction of sp³-hybridized carbons (Fsp3) is 0.200. The van der Waals surface area contributed by atoms with Gasteiger partial charge < -0.3 is 9.84 Å². The SMILES string of the molecule is COC(=O)C(=O)Cc1cc(O)ccc1Br. The number of phenolic OH excluding ortho intramolecular Hbond substituents is 1. The second kappa shape index (κ2) is 4.93. The number of methoxy groups -OCH3 is 1. The van der Waals surface area contributed by atoms with Crippen molar-refractivity contribution in [1.29, 1.82) is 0 Å². The summed E-state index contributed by atoms with van der Waals surface area (Å²) in [6.07, 6.45) is -0.0956. The van der Waals surface area contributed by atoms with Crippen LogP contribution in [0, 0.1) is 0 Å². The van der Waals surface area contributed by atoms with Crippen molar-refractivity contribution in [3.63, 3.8) is 0 Å². The van der Waals surface area contributed by atoms with Gasteiger partial charge in [0.15, 0.2) is 0 Å². The van der Waals surface area contributed by atoms with Crippen LogP contribution in [-0.4, -0.2) is 24.0 Å². The lowest BCUT2D eigenvalue weighted by molar-refractivity contribution is -0.151. The molecule has 0 atom stereocenters. The van der Waals surface area contributed by atoms with Gasteiger partial charge in [0.2, 0.25) is 5.78 Å². The minimum Gasteiger partial charge on any atom is -0.508 e. The summed E-state index contributed by atoms with van der Waals surface area (Å²) in [6.45, 7) is 0. The Bertz CT molecular complexity index is 400. The van der Waals surface area contributed by atoms with Crippen LogP contribution < -0.4 is 0 Å². The predicted octanol–water partition coefficient (Wildman–Crippen LogP) is 1.44. The molecule has 0 aliphatic heterocycles. The monoisotopic (exact) mass is 272 g/mol. The molecule has 0 saturated heterocycles. The van der Waals surface area contributed by atoms with Crippen molar-refractivity contribution in [3.05, 3.63) is 28.2 Å². The Kier molecular flexibility index (Phi) is 3.85. The summed E-state index contributed by atoms with van der Waals surface area (Å²) in [5.41, 5.74) is 0.547. The molecule has 0 amide bonds. The molecule has 0 radical (unpaired) electrons. The molecule has 15 heavy (non-hydrogen) atoms. The number of ketones is 1. The number of ether oxygens (including phenoxy) is 1. The number of phenols is 1. The zero-order valence-electron chi connectivity index (χ0n) is 7.99. The van der Waals surface area contributed by atoms with Crippen molar-refractivity contribution in [2.45, 2.75) is 6.42 Å². The molecule has 0 aliphatic rings. The number of Topliss-reactive ketones (excluding diaryl/α,β-unsaturated/α-hetero) is 1. The highest BCUT2D eigenvalue weighted by Crippen LogP contribution is 2.22. The first-order chi connectivity index (χ1) is 7.04. The van der Waals surface area contributed by atoms with Gasteiger partial charge in [0.25, 0.3) is 0 Å². The maximum Gasteiger partial charge on any atom is 0.374 e. The molecule has 1 aromatic rings. The van der Waals surface area contributed by atoms with E-state index in [2.05, 4.69) is 20.7 Å².